The Bertz CT molecular complexity index is 1120. The van der Waals surface area contributed by atoms with E-state index in [1.807, 2.05) is 29.5 Å². The SMILES string of the molecule is CCCC(=O)Oc1c(I)cc(/C=C2\N=C(c3ccc(NC(C)=O)cc3)OC2=O)cc1OC. The second kappa shape index (κ2) is 10.4. The monoisotopic (exact) mass is 548 g/mol. The molecule has 0 bridgehead atoms. The average molecular weight is 548 g/mol. The number of anilines is 1. The molecule has 0 saturated heterocycles. The highest BCUT2D eigenvalue weighted by Gasteiger charge is 2.25. The maximum Gasteiger partial charge on any atom is 0.363 e. The van der Waals surface area contributed by atoms with Crippen LogP contribution in [0.1, 0.15) is 37.8 Å². The Kier molecular flexibility index (Phi) is 7.62. The van der Waals surface area contributed by atoms with Gasteiger partial charge in [0.15, 0.2) is 17.2 Å². The van der Waals surface area contributed by atoms with E-state index < -0.39 is 5.97 Å². The van der Waals surface area contributed by atoms with Crippen LogP contribution in [0.25, 0.3) is 6.08 Å². The highest BCUT2D eigenvalue weighted by atomic mass is 127. The molecule has 166 valence electrons. The van der Waals surface area contributed by atoms with Crippen molar-refractivity contribution in [1.29, 1.82) is 0 Å². The number of hydrogen-bond acceptors (Lipinski definition) is 7. The number of nitrogens with zero attached hydrogens (tertiary/aromatic N) is 1. The van der Waals surface area contributed by atoms with Gasteiger partial charge in [-0.05, 0) is 77.0 Å². The number of amides is 1. The van der Waals surface area contributed by atoms with Crippen LogP contribution in [-0.4, -0.2) is 30.9 Å². The average Bonchev–Trinajstić information content (AvgIpc) is 3.10. The lowest BCUT2D eigenvalue weighted by Gasteiger charge is -2.12. The van der Waals surface area contributed by atoms with E-state index in [1.165, 1.54) is 14.0 Å². The predicted octanol–water partition coefficient (Wildman–Crippen LogP) is 4.31. The van der Waals surface area contributed by atoms with Crippen molar-refractivity contribution in [3.63, 3.8) is 0 Å². The van der Waals surface area contributed by atoms with Crippen molar-refractivity contribution in [2.45, 2.75) is 26.7 Å². The van der Waals surface area contributed by atoms with Crippen LogP contribution in [0, 0.1) is 3.57 Å². The van der Waals surface area contributed by atoms with Gasteiger partial charge in [0.1, 0.15) is 0 Å². The van der Waals surface area contributed by atoms with E-state index in [4.69, 9.17) is 14.2 Å². The van der Waals surface area contributed by atoms with Gasteiger partial charge < -0.3 is 19.5 Å². The van der Waals surface area contributed by atoms with Gasteiger partial charge in [-0.1, -0.05) is 6.92 Å². The summed E-state index contributed by atoms with van der Waals surface area (Å²) in [4.78, 5) is 39.7. The Morgan fingerprint density at radius 3 is 2.56 bits per heavy atom. The van der Waals surface area contributed by atoms with Crippen LogP contribution in [0.15, 0.2) is 47.1 Å². The molecule has 1 heterocycles. The first-order valence-electron chi connectivity index (χ1n) is 9.79. The largest absolute Gasteiger partial charge is 0.493 e. The van der Waals surface area contributed by atoms with Crippen molar-refractivity contribution >= 4 is 58.1 Å². The van der Waals surface area contributed by atoms with E-state index in [1.54, 1.807) is 42.5 Å². The molecule has 0 fully saturated rings. The number of carbonyl (C=O) groups is 3. The molecular weight excluding hydrogens is 527 g/mol. The second-order valence-electron chi connectivity index (χ2n) is 6.85. The van der Waals surface area contributed by atoms with Gasteiger partial charge >= 0.3 is 11.9 Å². The van der Waals surface area contributed by atoms with Crippen molar-refractivity contribution < 1.29 is 28.6 Å². The van der Waals surface area contributed by atoms with Crippen molar-refractivity contribution in [2.75, 3.05) is 12.4 Å². The molecule has 3 rings (SSSR count). The predicted molar refractivity (Wildman–Crippen MR) is 128 cm³/mol. The minimum atomic E-state index is -0.585. The van der Waals surface area contributed by atoms with Crippen LogP contribution >= 0.6 is 22.6 Å². The molecule has 0 atom stereocenters. The fraction of sp³-hybridized carbons (Fsp3) is 0.217. The smallest absolute Gasteiger partial charge is 0.363 e. The Morgan fingerprint density at radius 1 is 1.22 bits per heavy atom. The van der Waals surface area contributed by atoms with Crippen molar-refractivity contribution in [2.24, 2.45) is 4.99 Å². The molecule has 1 aliphatic rings. The van der Waals surface area contributed by atoms with Crippen molar-refractivity contribution in [3.8, 4) is 11.5 Å². The number of nitrogens with one attached hydrogen (secondary N) is 1. The molecule has 1 amide bonds. The summed E-state index contributed by atoms with van der Waals surface area (Å²) in [5.41, 5.74) is 1.99. The maximum absolute atomic E-state index is 12.3. The molecule has 0 aromatic heterocycles. The number of hydrogen-bond donors (Lipinski definition) is 1. The molecule has 1 N–H and O–H groups in total. The summed E-state index contributed by atoms with van der Waals surface area (Å²) in [5, 5.41) is 2.67. The van der Waals surface area contributed by atoms with Crippen LogP contribution in [-0.2, 0) is 19.1 Å². The molecule has 32 heavy (non-hydrogen) atoms. The van der Waals surface area contributed by atoms with E-state index >= 15 is 0 Å². The lowest BCUT2D eigenvalue weighted by atomic mass is 10.1. The summed E-state index contributed by atoms with van der Waals surface area (Å²) < 4.78 is 16.7. The summed E-state index contributed by atoms with van der Waals surface area (Å²) in [6.45, 7) is 3.32. The van der Waals surface area contributed by atoms with Gasteiger partial charge in [0, 0.05) is 24.6 Å². The molecule has 2 aromatic carbocycles. The lowest BCUT2D eigenvalue weighted by Crippen LogP contribution is -2.09. The van der Waals surface area contributed by atoms with Gasteiger partial charge in [-0.3, -0.25) is 9.59 Å². The summed E-state index contributed by atoms with van der Waals surface area (Å²) in [6.07, 6.45) is 2.56. The summed E-state index contributed by atoms with van der Waals surface area (Å²) in [7, 11) is 1.48. The fourth-order valence-electron chi connectivity index (χ4n) is 2.88. The van der Waals surface area contributed by atoms with Crippen molar-refractivity contribution in [1.82, 2.24) is 0 Å². The number of benzene rings is 2. The number of cyclic esters (lactones) is 1. The Morgan fingerprint density at radius 2 is 1.94 bits per heavy atom. The van der Waals surface area contributed by atoms with Crippen LogP contribution in [0.4, 0.5) is 5.69 Å². The van der Waals surface area contributed by atoms with Gasteiger partial charge in [-0.25, -0.2) is 9.79 Å². The van der Waals surface area contributed by atoms with Gasteiger partial charge in [0.25, 0.3) is 0 Å². The number of rotatable bonds is 7. The summed E-state index contributed by atoms with van der Waals surface area (Å²) in [5.74, 6) is -0.221. The quantitative estimate of drug-likeness (QED) is 0.240. The van der Waals surface area contributed by atoms with E-state index in [9.17, 15) is 14.4 Å². The summed E-state index contributed by atoms with van der Waals surface area (Å²) >= 11 is 2.04. The molecule has 0 saturated carbocycles. The molecule has 2 aromatic rings. The highest BCUT2D eigenvalue weighted by molar-refractivity contribution is 14.1. The third kappa shape index (κ3) is 5.72. The first kappa shape index (κ1) is 23.5. The number of esters is 2. The molecule has 9 heteroatoms. The van der Waals surface area contributed by atoms with E-state index in [-0.39, 0.29) is 23.5 Å². The van der Waals surface area contributed by atoms with E-state index in [0.29, 0.717) is 44.7 Å². The second-order valence-corrected chi connectivity index (χ2v) is 8.01. The zero-order chi connectivity index (χ0) is 23.3. The molecular formula is C23H21IN2O6. The normalized spacial score (nSPS) is 14.1. The lowest BCUT2D eigenvalue weighted by molar-refractivity contribution is -0.134. The van der Waals surface area contributed by atoms with Crippen LogP contribution in [0.5, 0.6) is 11.5 Å². The minimum Gasteiger partial charge on any atom is -0.493 e. The molecule has 0 radical (unpaired) electrons. The number of methoxy groups -OCH3 is 1. The third-order valence-corrected chi connectivity index (χ3v) is 5.10. The first-order chi connectivity index (χ1) is 15.3. The molecule has 0 unspecified atom stereocenters. The Balaban J connectivity index is 1.86. The van der Waals surface area contributed by atoms with Crippen LogP contribution in [0.2, 0.25) is 0 Å². The van der Waals surface area contributed by atoms with E-state index in [0.717, 1.165) is 0 Å². The van der Waals surface area contributed by atoms with Gasteiger partial charge in [0.05, 0.1) is 10.7 Å². The molecule has 1 aliphatic heterocycles. The Labute approximate surface area is 198 Å². The molecule has 0 spiro atoms. The first-order valence-corrected chi connectivity index (χ1v) is 10.9. The highest BCUT2D eigenvalue weighted by Crippen LogP contribution is 2.35. The Hall–Kier alpha value is -3.21. The van der Waals surface area contributed by atoms with Crippen molar-refractivity contribution in [3.05, 3.63) is 56.8 Å². The molecule has 0 aliphatic carbocycles. The molecule has 8 nitrogen and oxygen atoms in total. The van der Waals surface area contributed by atoms with Crippen LogP contribution < -0.4 is 14.8 Å². The number of aliphatic imine (C=N–C) groups is 1. The zero-order valence-electron chi connectivity index (χ0n) is 17.7. The number of halogens is 1. The van der Waals surface area contributed by atoms with Gasteiger partial charge in [-0.2, -0.15) is 0 Å². The minimum absolute atomic E-state index is 0.125. The van der Waals surface area contributed by atoms with E-state index in [2.05, 4.69) is 10.3 Å². The summed E-state index contributed by atoms with van der Waals surface area (Å²) in [6, 6.07) is 10.2. The van der Waals surface area contributed by atoms with Gasteiger partial charge in [0.2, 0.25) is 11.8 Å². The fourth-order valence-corrected chi connectivity index (χ4v) is 3.62. The van der Waals surface area contributed by atoms with Gasteiger partial charge in [-0.15, -0.1) is 0 Å². The topological polar surface area (TPSA) is 103 Å². The number of carbonyl (C=O) groups excluding carboxylic acids is 3. The zero-order valence-corrected chi connectivity index (χ0v) is 19.9. The maximum atomic E-state index is 12.3. The standard InChI is InChI=1S/C23H21IN2O6/c1-4-5-20(28)31-21-17(24)10-14(12-19(21)30-3)11-18-23(29)32-22(26-18)15-6-8-16(9-7-15)25-13(2)27/h6-12H,4-5H2,1-3H3,(H,25,27)/b18-11-. The number of ether oxygens (including phenoxy) is 3. The third-order valence-electron chi connectivity index (χ3n) is 4.30. The van der Waals surface area contributed by atoms with Crippen LogP contribution in [0.3, 0.4) is 0 Å².